The summed E-state index contributed by atoms with van der Waals surface area (Å²) in [7, 11) is -4.08. The van der Waals surface area contributed by atoms with E-state index in [4.69, 9.17) is 4.74 Å². The maximum absolute atomic E-state index is 13.4. The van der Waals surface area contributed by atoms with E-state index in [1.807, 2.05) is 78.9 Å². The van der Waals surface area contributed by atoms with Crippen molar-refractivity contribution in [3.05, 3.63) is 89.5 Å². The Balaban J connectivity index is 1.93. The van der Waals surface area contributed by atoms with Crippen molar-refractivity contribution >= 4 is 22.4 Å². The van der Waals surface area contributed by atoms with E-state index in [1.165, 1.54) is 4.31 Å². The third-order valence-electron chi connectivity index (χ3n) is 4.58. The zero-order valence-electron chi connectivity index (χ0n) is 18.1. The number of ether oxygens (including phenoxy) is 1. The van der Waals surface area contributed by atoms with Gasteiger partial charge in [-0.3, -0.25) is 0 Å². The minimum absolute atomic E-state index is 0.0914. The Kier molecular flexibility index (Phi) is 6.97. The molecule has 0 N–H and O–H groups in total. The molecule has 0 saturated heterocycles. The first kappa shape index (κ1) is 22.8. The van der Waals surface area contributed by atoms with Crippen LogP contribution in [-0.2, 0) is 21.5 Å². The molecule has 0 aromatic heterocycles. The van der Waals surface area contributed by atoms with Gasteiger partial charge in [0.05, 0.1) is 6.54 Å². The summed E-state index contributed by atoms with van der Waals surface area (Å²) in [6, 6.07) is 19.0. The maximum Gasteiger partial charge on any atom is 0.425 e. The summed E-state index contributed by atoms with van der Waals surface area (Å²) < 4.78 is 34.3. The normalized spacial score (nSPS) is 17.3. The second kappa shape index (κ2) is 9.49. The quantitative estimate of drug-likeness (QED) is 0.696. The third-order valence-corrected chi connectivity index (χ3v) is 6.34. The first-order valence-electron chi connectivity index (χ1n) is 10.1. The van der Waals surface area contributed by atoms with Crippen LogP contribution in [0.3, 0.4) is 0 Å². The molecule has 3 rings (SSSR count). The lowest BCUT2D eigenvalue weighted by Gasteiger charge is -2.29. The Hall–Kier alpha value is -2.90. The van der Waals surface area contributed by atoms with Crippen LogP contribution in [0.5, 0.6) is 0 Å². The van der Waals surface area contributed by atoms with Gasteiger partial charge >= 0.3 is 16.3 Å². The molecule has 0 atom stereocenters. The van der Waals surface area contributed by atoms with E-state index in [0.29, 0.717) is 5.57 Å². The van der Waals surface area contributed by atoms with Gasteiger partial charge in [-0.25, -0.2) is 4.79 Å². The largest absolute Gasteiger partial charge is 0.443 e. The van der Waals surface area contributed by atoms with Crippen LogP contribution in [-0.4, -0.2) is 41.8 Å². The number of hydrogen-bond acceptors (Lipinski definition) is 4. The summed E-state index contributed by atoms with van der Waals surface area (Å²) in [4.78, 5) is 12.8. The predicted octanol–water partition coefficient (Wildman–Crippen LogP) is 4.62. The second-order valence-electron chi connectivity index (χ2n) is 8.30. The number of carbonyl (C=O) groups excluding carboxylic acids is 1. The molecule has 1 aliphatic rings. The fourth-order valence-electron chi connectivity index (χ4n) is 3.06. The molecule has 2 aromatic carbocycles. The van der Waals surface area contributed by atoms with E-state index in [-0.39, 0.29) is 19.6 Å². The van der Waals surface area contributed by atoms with Gasteiger partial charge in [-0.2, -0.15) is 17.0 Å². The zero-order valence-corrected chi connectivity index (χ0v) is 18.9. The number of hydrogen-bond donors (Lipinski definition) is 0. The monoisotopic (exact) mass is 440 g/mol. The van der Waals surface area contributed by atoms with Gasteiger partial charge < -0.3 is 4.74 Å². The Bertz CT molecular complexity index is 1060. The lowest BCUT2D eigenvalue weighted by atomic mass is 10.1. The first-order chi connectivity index (χ1) is 14.6. The number of nitrogens with zero attached hydrogens (tertiary/aromatic N) is 2. The summed E-state index contributed by atoms with van der Waals surface area (Å²) in [5, 5.41) is 0. The first-order valence-corrected chi connectivity index (χ1v) is 11.5. The summed E-state index contributed by atoms with van der Waals surface area (Å²) >= 11 is 0. The number of amides is 1. The molecule has 2 aromatic rings. The Morgan fingerprint density at radius 3 is 2.23 bits per heavy atom. The molecule has 164 valence electrons. The molecule has 0 unspecified atom stereocenters. The standard InChI is InChI=1S/C24H28N2O4S/c1-24(2,3)30-23(27)26-19-22(15-14-20-10-6-4-7-11-20)16-17-25(31(26,28)29)18-21-12-8-5-9-13-21/h4-16H,17-19H2,1-3H3/b15-14+. The smallest absolute Gasteiger partial charge is 0.425 e. The summed E-state index contributed by atoms with van der Waals surface area (Å²) in [6.07, 6.45) is 4.70. The van der Waals surface area contributed by atoms with Gasteiger partial charge in [-0.1, -0.05) is 78.9 Å². The van der Waals surface area contributed by atoms with Crippen LogP contribution in [0.1, 0.15) is 31.9 Å². The van der Waals surface area contributed by atoms with Crippen LogP contribution < -0.4 is 0 Å². The molecule has 0 fully saturated rings. The molecule has 0 radical (unpaired) electrons. The molecule has 1 aliphatic heterocycles. The van der Waals surface area contributed by atoms with E-state index in [0.717, 1.165) is 15.4 Å². The topological polar surface area (TPSA) is 66.9 Å². The minimum Gasteiger partial charge on any atom is -0.443 e. The van der Waals surface area contributed by atoms with Crippen LogP contribution in [0.15, 0.2) is 78.4 Å². The van der Waals surface area contributed by atoms with Gasteiger partial charge in [-0.15, -0.1) is 0 Å². The summed E-state index contributed by atoms with van der Waals surface area (Å²) in [5.74, 6) is 0. The Morgan fingerprint density at radius 1 is 1.00 bits per heavy atom. The van der Waals surface area contributed by atoms with Gasteiger partial charge in [0, 0.05) is 13.1 Å². The van der Waals surface area contributed by atoms with E-state index in [9.17, 15) is 13.2 Å². The molecule has 0 bridgehead atoms. The molecule has 6 nitrogen and oxygen atoms in total. The van der Waals surface area contributed by atoms with E-state index >= 15 is 0 Å². The highest BCUT2D eigenvalue weighted by Gasteiger charge is 2.38. The number of benzene rings is 2. The average molecular weight is 441 g/mol. The van der Waals surface area contributed by atoms with Crippen molar-refractivity contribution in [3.8, 4) is 0 Å². The molecular formula is C24H28N2O4S. The van der Waals surface area contributed by atoms with Crippen LogP contribution in [0.4, 0.5) is 4.79 Å². The van der Waals surface area contributed by atoms with Gasteiger partial charge in [0.1, 0.15) is 5.60 Å². The minimum atomic E-state index is -4.08. The molecule has 0 aliphatic carbocycles. The predicted molar refractivity (Wildman–Crippen MR) is 122 cm³/mol. The average Bonchev–Trinajstić information content (AvgIpc) is 2.83. The third kappa shape index (κ3) is 6.29. The fourth-order valence-corrected chi connectivity index (χ4v) is 4.45. The highest BCUT2D eigenvalue weighted by Crippen LogP contribution is 2.23. The van der Waals surface area contributed by atoms with Crippen molar-refractivity contribution in [2.75, 3.05) is 13.1 Å². The summed E-state index contributed by atoms with van der Waals surface area (Å²) in [6.45, 7) is 5.36. The zero-order chi connectivity index (χ0) is 22.5. The molecule has 1 heterocycles. The van der Waals surface area contributed by atoms with Crippen LogP contribution in [0, 0.1) is 0 Å². The van der Waals surface area contributed by atoms with Crippen molar-refractivity contribution in [3.63, 3.8) is 0 Å². The van der Waals surface area contributed by atoms with Crippen LogP contribution in [0.25, 0.3) is 6.08 Å². The number of carbonyl (C=O) groups is 1. The molecule has 1 amide bonds. The van der Waals surface area contributed by atoms with Gasteiger partial charge in [-0.05, 0) is 37.5 Å². The van der Waals surface area contributed by atoms with E-state index in [1.54, 1.807) is 20.8 Å². The van der Waals surface area contributed by atoms with Crippen molar-refractivity contribution in [1.82, 2.24) is 8.61 Å². The van der Waals surface area contributed by atoms with Gasteiger partial charge in [0.2, 0.25) is 0 Å². The van der Waals surface area contributed by atoms with Crippen molar-refractivity contribution in [2.24, 2.45) is 0 Å². The lowest BCUT2D eigenvalue weighted by molar-refractivity contribution is 0.0395. The van der Waals surface area contributed by atoms with E-state index < -0.39 is 21.9 Å². The number of rotatable bonds is 4. The molecule has 7 heteroatoms. The molecule has 0 spiro atoms. The van der Waals surface area contributed by atoms with Crippen molar-refractivity contribution < 1.29 is 17.9 Å². The Morgan fingerprint density at radius 2 is 1.61 bits per heavy atom. The molecule has 31 heavy (non-hydrogen) atoms. The lowest BCUT2D eigenvalue weighted by Crippen LogP contribution is -2.47. The highest BCUT2D eigenvalue weighted by atomic mass is 32.2. The van der Waals surface area contributed by atoms with Crippen LogP contribution in [0.2, 0.25) is 0 Å². The molecule has 0 saturated carbocycles. The van der Waals surface area contributed by atoms with Gasteiger partial charge in [0.25, 0.3) is 0 Å². The van der Waals surface area contributed by atoms with Gasteiger partial charge in [0.15, 0.2) is 0 Å². The second-order valence-corrected chi connectivity index (χ2v) is 10.1. The van der Waals surface area contributed by atoms with E-state index in [2.05, 4.69) is 0 Å². The van der Waals surface area contributed by atoms with Crippen LogP contribution >= 0.6 is 0 Å². The SMILES string of the molecule is CC(C)(C)OC(=O)N1CC(/C=C/c2ccccc2)=CCN(Cc2ccccc2)S1(=O)=O. The molecular weight excluding hydrogens is 412 g/mol. The fraction of sp³-hybridized carbons (Fsp3) is 0.292. The Labute approximate surface area is 184 Å². The van der Waals surface area contributed by atoms with Crippen molar-refractivity contribution in [1.29, 1.82) is 0 Å². The maximum atomic E-state index is 13.4. The van der Waals surface area contributed by atoms with Crippen molar-refractivity contribution in [2.45, 2.75) is 32.9 Å². The summed E-state index contributed by atoms with van der Waals surface area (Å²) in [5.41, 5.74) is 1.73. The highest BCUT2D eigenvalue weighted by molar-refractivity contribution is 7.87.